The van der Waals surface area contributed by atoms with E-state index < -0.39 is 17.1 Å². The van der Waals surface area contributed by atoms with Crippen molar-refractivity contribution in [2.75, 3.05) is 27.2 Å². The Hall–Kier alpha value is -2.67. The van der Waals surface area contributed by atoms with E-state index in [1.807, 2.05) is 31.1 Å². The molecule has 0 fully saturated rings. The predicted molar refractivity (Wildman–Crippen MR) is 125 cm³/mol. The quantitative estimate of drug-likeness (QED) is 0.605. The van der Waals surface area contributed by atoms with Gasteiger partial charge in [-0.15, -0.1) is 0 Å². The molecule has 1 amide bonds. The molecule has 0 saturated heterocycles. The van der Waals surface area contributed by atoms with Crippen molar-refractivity contribution in [3.63, 3.8) is 0 Å². The van der Waals surface area contributed by atoms with Gasteiger partial charge in [-0.3, -0.25) is 14.5 Å². The maximum absolute atomic E-state index is 13.5. The Morgan fingerprint density at radius 2 is 1.81 bits per heavy atom. The van der Waals surface area contributed by atoms with Gasteiger partial charge < -0.3 is 14.4 Å². The molecule has 4 rings (SSSR count). The number of carbonyl (C=O) groups excluding carboxylic acids is 1. The zero-order chi connectivity index (χ0) is 23.2. The van der Waals surface area contributed by atoms with Gasteiger partial charge in [-0.1, -0.05) is 49.7 Å². The monoisotopic (exact) mass is 454 g/mol. The molecule has 0 aliphatic carbocycles. The van der Waals surface area contributed by atoms with Gasteiger partial charge in [0.1, 0.15) is 11.1 Å². The summed E-state index contributed by atoms with van der Waals surface area (Å²) in [5.41, 5.74) is -0.627. The first-order valence-corrected chi connectivity index (χ1v) is 11.1. The van der Waals surface area contributed by atoms with Crippen LogP contribution < -0.4 is 5.43 Å². The zero-order valence-corrected chi connectivity index (χ0v) is 19.4. The van der Waals surface area contributed by atoms with E-state index >= 15 is 0 Å². The van der Waals surface area contributed by atoms with Gasteiger partial charge in [-0.05, 0) is 56.7 Å². The second-order valence-corrected chi connectivity index (χ2v) is 9.27. The summed E-state index contributed by atoms with van der Waals surface area (Å²) in [5, 5.41) is 12.7. The lowest BCUT2D eigenvalue weighted by Crippen LogP contribution is -2.47. The maximum atomic E-state index is 13.5. The van der Waals surface area contributed by atoms with Crippen LogP contribution >= 0.6 is 11.6 Å². The molecule has 1 N–H and O–H groups in total. The molecule has 0 spiro atoms. The van der Waals surface area contributed by atoms with E-state index in [9.17, 15) is 14.7 Å². The first-order chi connectivity index (χ1) is 15.1. The van der Waals surface area contributed by atoms with Gasteiger partial charge in [0.05, 0.1) is 5.39 Å². The highest BCUT2D eigenvalue weighted by molar-refractivity contribution is 6.31. The van der Waals surface area contributed by atoms with Gasteiger partial charge >= 0.3 is 0 Å². The molecule has 3 aromatic rings. The van der Waals surface area contributed by atoms with Crippen molar-refractivity contribution in [1.82, 2.24) is 9.80 Å². The average Bonchev–Trinajstić information content (AvgIpc) is 2.97. The van der Waals surface area contributed by atoms with Crippen LogP contribution in [0.15, 0.2) is 51.7 Å². The molecule has 0 saturated carbocycles. The number of amides is 1. The number of benzene rings is 2. The molecule has 6 nitrogen and oxygen atoms in total. The Balaban J connectivity index is 1.93. The van der Waals surface area contributed by atoms with Gasteiger partial charge in [-0.2, -0.15) is 0 Å². The molecule has 1 aliphatic heterocycles. The Morgan fingerprint density at radius 3 is 2.44 bits per heavy atom. The van der Waals surface area contributed by atoms with E-state index in [1.54, 1.807) is 24.3 Å². The lowest BCUT2D eigenvalue weighted by molar-refractivity contribution is -0.0512. The first-order valence-electron chi connectivity index (χ1n) is 10.7. The molecule has 168 valence electrons. The highest BCUT2D eigenvalue weighted by atomic mass is 35.5. The summed E-state index contributed by atoms with van der Waals surface area (Å²) in [6, 6.07) is 12.1. The van der Waals surface area contributed by atoms with Gasteiger partial charge in [0.2, 0.25) is 16.9 Å². The normalized spacial score (nSPS) is 18.2. The summed E-state index contributed by atoms with van der Waals surface area (Å²) in [5.74, 6) is -0.309. The number of halogens is 1. The van der Waals surface area contributed by atoms with E-state index in [2.05, 4.69) is 13.8 Å². The molecule has 7 heteroatoms. The maximum Gasteiger partial charge on any atom is 0.293 e. The van der Waals surface area contributed by atoms with Gasteiger partial charge in [-0.25, -0.2) is 0 Å². The Morgan fingerprint density at radius 1 is 1.12 bits per heavy atom. The van der Waals surface area contributed by atoms with E-state index in [0.29, 0.717) is 22.9 Å². The van der Waals surface area contributed by atoms with E-state index in [0.717, 1.165) is 12.1 Å². The van der Waals surface area contributed by atoms with Crippen LogP contribution in [0.1, 0.15) is 53.4 Å². The number of aliphatic hydroxyl groups is 1. The van der Waals surface area contributed by atoms with Crippen LogP contribution in [0, 0.1) is 0 Å². The minimum Gasteiger partial charge on any atom is -0.450 e. The SMILES string of the molecule is CC(C)c1ccc(C2(O)c3c(oc4ccc(Cl)cc4c3=O)C(=O)N2CCCN(C)C)cc1. The van der Waals surface area contributed by atoms with Gasteiger partial charge in [0, 0.05) is 17.1 Å². The highest BCUT2D eigenvalue weighted by Crippen LogP contribution is 2.42. The number of fused-ring (bicyclic) bond motifs is 2. The van der Waals surface area contributed by atoms with Crippen molar-refractivity contribution >= 4 is 28.5 Å². The van der Waals surface area contributed by atoms with Crippen molar-refractivity contribution in [1.29, 1.82) is 0 Å². The summed E-state index contributed by atoms with van der Waals surface area (Å²) in [7, 11) is 3.89. The fraction of sp³-hybridized carbons (Fsp3) is 0.360. The Bertz CT molecular complexity index is 1230. The molecular formula is C25H27ClN2O4. The van der Waals surface area contributed by atoms with Crippen molar-refractivity contribution in [3.8, 4) is 0 Å². The summed E-state index contributed by atoms with van der Waals surface area (Å²) in [4.78, 5) is 30.3. The van der Waals surface area contributed by atoms with Crippen molar-refractivity contribution in [3.05, 3.63) is 80.2 Å². The molecule has 32 heavy (non-hydrogen) atoms. The van der Waals surface area contributed by atoms with Crippen LogP contribution in [0.5, 0.6) is 0 Å². The molecule has 1 aromatic heterocycles. The third-order valence-corrected chi connectivity index (χ3v) is 6.23. The fourth-order valence-corrected chi connectivity index (χ4v) is 4.42. The molecular weight excluding hydrogens is 428 g/mol. The van der Waals surface area contributed by atoms with Crippen LogP contribution in [0.2, 0.25) is 5.02 Å². The lowest BCUT2D eigenvalue weighted by atomic mass is 9.92. The van der Waals surface area contributed by atoms with Crippen LogP contribution in [0.3, 0.4) is 0 Å². The fourth-order valence-electron chi connectivity index (χ4n) is 4.25. The standard InChI is InChI=1S/C25H27ClN2O4/c1-15(2)16-6-8-17(9-7-16)25(31)21-22(29)19-14-18(26)10-11-20(19)32-23(21)24(30)28(25)13-5-12-27(3)4/h6-11,14-15,31H,5,12-13H2,1-4H3. The average molecular weight is 455 g/mol. The molecule has 1 aliphatic rings. The largest absolute Gasteiger partial charge is 0.450 e. The summed E-state index contributed by atoms with van der Waals surface area (Å²) >= 11 is 6.11. The van der Waals surface area contributed by atoms with Crippen LogP contribution in [-0.2, 0) is 5.72 Å². The highest BCUT2D eigenvalue weighted by Gasteiger charge is 2.53. The Kier molecular flexibility index (Phi) is 5.88. The second kappa shape index (κ2) is 8.35. The summed E-state index contributed by atoms with van der Waals surface area (Å²) in [6.07, 6.45) is 0.624. The minimum absolute atomic E-state index is 0.0561. The smallest absolute Gasteiger partial charge is 0.293 e. The van der Waals surface area contributed by atoms with Crippen molar-refractivity contribution in [2.45, 2.75) is 31.9 Å². The second-order valence-electron chi connectivity index (χ2n) is 8.84. The van der Waals surface area contributed by atoms with Crippen molar-refractivity contribution < 1.29 is 14.3 Å². The number of carbonyl (C=O) groups is 1. The molecule has 1 atom stereocenters. The number of hydrogen-bond donors (Lipinski definition) is 1. The first kappa shape index (κ1) is 22.5. The van der Waals surface area contributed by atoms with E-state index in [-0.39, 0.29) is 28.8 Å². The van der Waals surface area contributed by atoms with E-state index in [4.69, 9.17) is 16.0 Å². The molecule has 1 unspecified atom stereocenters. The number of hydrogen-bond acceptors (Lipinski definition) is 5. The summed E-state index contributed by atoms with van der Waals surface area (Å²) in [6.45, 7) is 5.15. The molecule has 2 heterocycles. The Labute approximate surface area is 192 Å². The van der Waals surface area contributed by atoms with Crippen LogP contribution in [-0.4, -0.2) is 48.0 Å². The molecule has 0 radical (unpaired) electrons. The van der Waals surface area contributed by atoms with Gasteiger partial charge in [0.25, 0.3) is 5.91 Å². The van der Waals surface area contributed by atoms with Crippen molar-refractivity contribution in [2.24, 2.45) is 0 Å². The number of nitrogens with zero attached hydrogens (tertiary/aromatic N) is 2. The van der Waals surface area contributed by atoms with Crippen LogP contribution in [0.25, 0.3) is 11.0 Å². The third-order valence-electron chi connectivity index (χ3n) is 6.00. The van der Waals surface area contributed by atoms with Gasteiger partial charge in [0.15, 0.2) is 0 Å². The lowest BCUT2D eigenvalue weighted by Gasteiger charge is -2.34. The zero-order valence-electron chi connectivity index (χ0n) is 18.7. The molecule has 2 aromatic carbocycles. The minimum atomic E-state index is -1.93. The van der Waals surface area contributed by atoms with Crippen LogP contribution in [0.4, 0.5) is 0 Å². The predicted octanol–water partition coefficient (Wildman–Crippen LogP) is 4.17. The molecule has 0 bridgehead atoms. The summed E-state index contributed by atoms with van der Waals surface area (Å²) < 4.78 is 5.87. The topological polar surface area (TPSA) is 74.0 Å². The number of rotatable bonds is 6. The van der Waals surface area contributed by atoms with E-state index in [1.165, 1.54) is 11.0 Å². The third kappa shape index (κ3) is 3.62.